The minimum Gasteiger partial charge on any atom is -0.496 e. The van der Waals surface area contributed by atoms with Crippen molar-refractivity contribution in [1.29, 1.82) is 0 Å². The van der Waals surface area contributed by atoms with E-state index >= 15 is 0 Å². The van der Waals surface area contributed by atoms with Crippen molar-refractivity contribution in [2.45, 2.75) is 13.0 Å². The van der Waals surface area contributed by atoms with Crippen LogP contribution in [0.1, 0.15) is 18.6 Å². The summed E-state index contributed by atoms with van der Waals surface area (Å²) in [5.41, 5.74) is 1.60. The molecule has 0 radical (unpaired) electrons. The molecule has 0 bridgehead atoms. The second-order valence-electron chi connectivity index (χ2n) is 4.65. The number of benzene rings is 2. The first-order valence-electron chi connectivity index (χ1n) is 6.41. The standard InChI is InChI=1S/C15H17NO3/c1-9(17)12-13-15(19-8-7-16-13)11-6-4-3-5-10(11)14(12)18-2/h3-6,9,16-17H,7-8H2,1-2H3. The molecule has 1 heterocycles. The van der Waals surface area contributed by atoms with Gasteiger partial charge in [-0.25, -0.2) is 0 Å². The Bertz CT molecular complexity index is 622. The molecule has 2 aromatic carbocycles. The first kappa shape index (κ1) is 12.1. The summed E-state index contributed by atoms with van der Waals surface area (Å²) in [5.74, 6) is 1.51. The normalized spacial score (nSPS) is 15.3. The van der Waals surface area contributed by atoms with E-state index in [1.165, 1.54) is 0 Å². The number of nitrogens with one attached hydrogen (secondary N) is 1. The maximum atomic E-state index is 10.1. The number of aliphatic hydroxyl groups excluding tert-OH is 1. The largest absolute Gasteiger partial charge is 0.496 e. The molecule has 2 aromatic rings. The molecule has 2 N–H and O–H groups in total. The molecular formula is C15H17NO3. The van der Waals surface area contributed by atoms with Crippen molar-refractivity contribution in [1.82, 2.24) is 0 Å². The minimum absolute atomic E-state index is 0.623. The summed E-state index contributed by atoms with van der Waals surface area (Å²) in [6.07, 6.45) is -0.623. The van der Waals surface area contributed by atoms with Gasteiger partial charge in [0.1, 0.15) is 12.4 Å². The topological polar surface area (TPSA) is 50.7 Å². The molecule has 0 saturated heterocycles. The van der Waals surface area contributed by atoms with Crippen LogP contribution in [0.5, 0.6) is 11.5 Å². The molecule has 1 atom stereocenters. The lowest BCUT2D eigenvalue weighted by atomic mass is 9.98. The van der Waals surface area contributed by atoms with Crippen LogP contribution in [-0.4, -0.2) is 25.4 Å². The molecule has 0 amide bonds. The van der Waals surface area contributed by atoms with Gasteiger partial charge in [-0.2, -0.15) is 0 Å². The highest BCUT2D eigenvalue weighted by Gasteiger charge is 2.25. The maximum Gasteiger partial charge on any atom is 0.150 e. The van der Waals surface area contributed by atoms with Crippen LogP contribution in [0.2, 0.25) is 0 Å². The number of methoxy groups -OCH3 is 1. The third kappa shape index (κ3) is 1.79. The maximum absolute atomic E-state index is 10.1. The molecule has 0 spiro atoms. The minimum atomic E-state index is -0.623. The Labute approximate surface area is 112 Å². The smallest absolute Gasteiger partial charge is 0.150 e. The molecule has 0 aromatic heterocycles. The molecule has 0 saturated carbocycles. The van der Waals surface area contributed by atoms with Gasteiger partial charge in [-0.1, -0.05) is 24.3 Å². The van der Waals surface area contributed by atoms with Crippen LogP contribution in [-0.2, 0) is 0 Å². The van der Waals surface area contributed by atoms with E-state index in [-0.39, 0.29) is 0 Å². The number of fused-ring (bicyclic) bond motifs is 3. The third-order valence-electron chi connectivity index (χ3n) is 3.43. The Morgan fingerprint density at radius 2 is 2.05 bits per heavy atom. The molecule has 3 rings (SSSR count). The van der Waals surface area contributed by atoms with Crippen molar-refractivity contribution in [3.05, 3.63) is 29.8 Å². The number of rotatable bonds is 2. The van der Waals surface area contributed by atoms with Gasteiger partial charge in [0.25, 0.3) is 0 Å². The highest BCUT2D eigenvalue weighted by Crippen LogP contribution is 2.47. The predicted molar refractivity (Wildman–Crippen MR) is 75.1 cm³/mol. The molecule has 1 aliphatic rings. The van der Waals surface area contributed by atoms with Crippen LogP contribution in [0.4, 0.5) is 5.69 Å². The zero-order valence-electron chi connectivity index (χ0n) is 11.1. The van der Waals surface area contributed by atoms with Crippen molar-refractivity contribution in [2.75, 3.05) is 25.6 Å². The van der Waals surface area contributed by atoms with Crippen molar-refractivity contribution < 1.29 is 14.6 Å². The van der Waals surface area contributed by atoms with Gasteiger partial charge in [-0.05, 0) is 6.92 Å². The van der Waals surface area contributed by atoms with Crippen LogP contribution in [0.25, 0.3) is 10.8 Å². The number of ether oxygens (including phenoxy) is 2. The van der Waals surface area contributed by atoms with Crippen LogP contribution in [0.3, 0.4) is 0 Å². The van der Waals surface area contributed by atoms with E-state index in [9.17, 15) is 5.11 Å². The van der Waals surface area contributed by atoms with Crippen molar-refractivity contribution >= 4 is 16.5 Å². The Balaban J connectivity index is 2.44. The molecule has 4 nitrogen and oxygen atoms in total. The first-order chi connectivity index (χ1) is 9.24. The van der Waals surface area contributed by atoms with Gasteiger partial charge in [0.2, 0.25) is 0 Å². The predicted octanol–water partition coefficient (Wildman–Crippen LogP) is 2.71. The molecule has 4 heteroatoms. The Morgan fingerprint density at radius 3 is 2.74 bits per heavy atom. The summed E-state index contributed by atoms with van der Waals surface area (Å²) in [7, 11) is 1.63. The van der Waals surface area contributed by atoms with E-state index in [1.807, 2.05) is 24.3 Å². The second-order valence-corrected chi connectivity index (χ2v) is 4.65. The Morgan fingerprint density at radius 1 is 1.32 bits per heavy atom. The first-order valence-corrected chi connectivity index (χ1v) is 6.41. The summed E-state index contributed by atoms with van der Waals surface area (Å²) in [5, 5.41) is 15.4. The number of aliphatic hydroxyl groups is 1. The number of anilines is 1. The van der Waals surface area contributed by atoms with Gasteiger partial charge < -0.3 is 19.9 Å². The van der Waals surface area contributed by atoms with E-state index in [4.69, 9.17) is 9.47 Å². The molecule has 19 heavy (non-hydrogen) atoms. The summed E-state index contributed by atoms with van der Waals surface area (Å²) < 4.78 is 11.3. The van der Waals surface area contributed by atoms with Crippen LogP contribution >= 0.6 is 0 Å². The molecule has 100 valence electrons. The Hall–Kier alpha value is -1.94. The fraction of sp³-hybridized carbons (Fsp3) is 0.333. The van der Waals surface area contributed by atoms with Crippen LogP contribution < -0.4 is 14.8 Å². The van der Waals surface area contributed by atoms with E-state index in [0.29, 0.717) is 12.4 Å². The lowest BCUT2D eigenvalue weighted by Gasteiger charge is -2.27. The van der Waals surface area contributed by atoms with Crippen LogP contribution in [0, 0.1) is 0 Å². The zero-order valence-corrected chi connectivity index (χ0v) is 11.1. The summed E-state index contributed by atoms with van der Waals surface area (Å²) >= 11 is 0. The summed E-state index contributed by atoms with van der Waals surface area (Å²) in [6.45, 7) is 3.10. The zero-order chi connectivity index (χ0) is 13.4. The number of hydrogen-bond donors (Lipinski definition) is 2. The molecule has 0 fully saturated rings. The lowest BCUT2D eigenvalue weighted by molar-refractivity contribution is 0.194. The van der Waals surface area contributed by atoms with Gasteiger partial charge in [0.15, 0.2) is 5.75 Å². The fourth-order valence-corrected chi connectivity index (χ4v) is 2.67. The number of hydrogen-bond acceptors (Lipinski definition) is 4. The van der Waals surface area contributed by atoms with Crippen LogP contribution in [0.15, 0.2) is 24.3 Å². The molecular weight excluding hydrogens is 242 g/mol. The van der Waals surface area contributed by atoms with E-state index in [2.05, 4.69) is 5.32 Å². The van der Waals surface area contributed by atoms with Crippen molar-refractivity contribution in [3.8, 4) is 11.5 Å². The average Bonchev–Trinajstić information content (AvgIpc) is 2.45. The SMILES string of the molecule is COc1c(C(C)O)c2c(c3ccccc13)OCCN2. The van der Waals surface area contributed by atoms with E-state index in [1.54, 1.807) is 14.0 Å². The van der Waals surface area contributed by atoms with Gasteiger partial charge in [0, 0.05) is 22.9 Å². The average molecular weight is 259 g/mol. The van der Waals surface area contributed by atoms with E-state index in [0.717, 1.165) is 34.3 Å². The van der Waals surface area contributed by atoms with Gasteiger partial charge in [-0.15, -0.1) is 0 Å². The highest BCUT2D eigenvalue weighted by atomic mass is 16.5. The van der Waals surface area contributed by atoms with Crippen molar-refractivity contribution in [2.24, 2.45) is 0 Å². The molecule has 1 unspecified atom stereocenters. The summed E-state index contributed by atoms with van der Waals surface area (Å²) in [4.78, 5) is 0. The van der Waals surface area contributed by atoms with Crippen molar-refractivity contribution in [3.63, 3.8) is 0 Å². The summed E-state index contributed by atoms with van der Waals surface area (Å²) in [6, 6.07) is 7.93. The molecule has 0 aliphatic carbocycles. The lowest BCUT2D eigenvalue weighted by Crippen LogP contribution is -2.20. The molecule has 1 aliphatic heterocycles. The third-order valence-corrected chi connectivity index (χ3v) is 3.43. The van der Waals surface area contributed by atoms with Gasteiger partial charge in [0.05, 0.1) is 18.9 Å². The highest BCUT2D eigenvalue weighted by molar-refractivity contribution is 6.00. The Kier molecular flexibility index (Phi) is 2.95. The van der Waals surface area contributed by atoms with E-state index < -0.39 is 6.10 Å². The van der Waals surface area contributed by atoms with Gasteiger partial charge in [-0.3, -0.25) is 0 Å². The quantitative estimate of drug-likeness (QED) is 0.870. The second kappa shape index (κ2) is 4.63. The monoisotopic (exact) mass is 259 g/mol. The fourth-order valence-electron chi connectivity index (χ4n) is 2.67. The van der Waals surface area contributed by atoms with Gasteiger partial charge >= 0.3 is 0 Å².